The highest BCUT2D eigenvalue weighted by molar-refractivity contribution is 7.79. The van der Waals surface area contributed by atoms with E-state index in [-0.39, 0.29) is 0 Å². The van der Waals surface area contributed by atoms with Gasteiger partial charge in [0.15, 0.2) is 0 Å². The van der Waals surface area contributed by atoms with Crippen molar-refractivity contribution < 1.29 is 22.0 Å². The molecule has 0 heterocycles. The van der Waals surface area contributed by atoms with Gasteiger partial charge in [0.25, 0.3) is 0 Å². The van der Waals surface area contributed by atoms with Gasteiger partial charge < -0.3 is 4.48 Å². The number of hydrogen-bond acceptors (Lipinski definition) is 2. The summed E-state index contributed by atoms with van der Waals surface area (Å²) in [4.78, 5) is 0. The molecular weight excluding hydrogens is 578 g/mol. The maximum absolute atomic E-state index is 8.74. The monoisotopic (exact) mass is 663 g/mol. The lowest BCUT2D eigenvalue weighted by atomic mass is 10.0. The molecule has 0 spiro atoms. The third kappa shape index (κ3) is 46.0. The van der Waals surface area contributed by atoms with Crippen LogP contribution in [0.15, 0.2) is 0 Å². The number of unbranched alkanes of at least 4 members (excludes halogenated alkanes) is 30. The SMILES string of the molecule is CCCCCCCCCCCCCCCCCC[N+](C)(CC)CCCCCCCCCCCCCCCCCC.O=S(=O)(O)O. The molecule has 0 aromatic carbocycles. The Morgan fingerprint density at radius 1 is 0.356 bits per heavy atom. The summed E-state index contributed by atoms with van der Waals surface area (Å²) >= 11 is 0. The van der Waals surface area contributed by atoms with E-state index in [9.17, 15) is 0 Å². The maximum atomic E-state index is 8.74. The Bertz CT molecular complexity index is 611. The predicted molar refractivity (Wildman–Crippen MR) is 200 cm³/mol. The van der Waals surface area contributed by atoms with Crippen molar-refractivity contribution in [2.75, 3.05) is 26.7 Å². The Balaban J connectivity index is 0. The van der Waals surface area contributed by atoms with E-state index in [0.717, 1.165) is 0 Å². The number of nitrogens with zero attached hydrogens (tertiary/aromatic N) is 1. The molecule has 0 bridgehead atoms. The van der Waals surface area contributed by atoms with Crippen LogP contribution in [0, 0.1) is 0 Å². The Kier molecular flexibility index (Phi) is 38.2. The van der Waals surface area contributed by atoms with Gasteiger partial charge in [0.2, 0.25) is 0 Å². The third-order valence-corrected chi connectivity index (χ3v) is 9.87. The molecule has 0 aliphatic rings. The molecule has 5 nitrogen and oxygen atoms in total. The molecule has 2 N–H and O–H groups in total. The second kappa shape index (κ2) is 36.7. The van der Waals surface area contributed by atoms with E-state index in [1.54, 1.807) is 0 Å². The molecule has 0 saturated heterocycles. The van der Waals surface area contributed by atoms with E-state index in [4.69, 9.17) is 17.5 Å². The third-order valence-electron chi connectivity index (χ3n) is 9.87. The average molecular weight is 663 g/mol. The molecule has 0 aliphatic carbocycles. The lowest BCUT2D eigenvalue weighted by Crippen LogP contribution is -2.45. The van der Waals surface area contributed by atoms with Crippen LogP contribution < -0.4 is 0 Å². The summed E-state index contributed by atoms with van der Waals surface area (Å²) in [5, 5.41) is 0. The Hall–Kier alpha value is -0.170. The van der Waals surface area contributed by atoms with Crippen molar-refractivity contribution in [2.45, 2.75) is 226 Å². The molecular formula is C39H84NO4S+. The molecule has 0 aliphatic heterocycles. The summed E-state index contributed by atoms with van der Waals surface area (Å²) in [5.74, 6) is 0. The molecule has 0 rings (SSSR count). The zero-order chi connectivity index (χ0) is 33.7. The van der Waals surface area contributed by atoms with Crippen molar-refractivity contribution in [3.8, 4) is 0 Å². The molecule has 0 aromatic rings. The fraction of sp³-hybridized carbons (Fsp3) is 1.00. The summed E-state index contributed by atoms with van der Waals surface area (Å²) in [6.45, 7) is 11.2. The topological polar surface area (TPSA) is 74.6 Å². The average Bonchev–Trinajstić information content (AvgIpc) is 3.00. The molecule has 0 atom stereocenters. The van der Waals surface area contributed by atoms with Crippen LogP contribution in [0.5, 0.6) is 0 Å². The van der Waals surface area contributed by atoms with Crippen LogP contribution in [0.3, 0.4) is 0 Å². The zero-order valence-corrected chi connectivity index (χ0v) is 32.1. The highest BCUT2D eigenvalue weighted by atomic mass is 32.3. The largest absolute Gasteiger partial charge is 0.394 e. The Labute approximate surface area is 284 Å². The van der Waals surface area contributed by atoms with Crippen LogP contribution >= 0.6 is 0 Å². The normalized spacial score (nSPS) is 12.0. The van der Waals surface area contributed by atoms with E-state index in [0.29, 0.717) is 0 Å². The second-order valence-corrected chi connectivity index (χ2v) is 15.3. The molecule has 0 unspecified atom stereocenters. The van der Waals surface area contributed by atoms with Crippen molar-refractivity contribution in [2.24, 2.45) is 0 Å². The van der Waals surface area contributed by atoms with Gasteiger partial charge in [-0.25, -0.2) is 0 Å². The first kappa shape index (κ1) is 46.9. The van der Waals surface area contributed by atoms with Crippen molar-refractivity contribution >= 4 is 10.4 Å². The molecule has 45 heavy (non-hydrogen) atoms. The van der Waals surface area contributed by atoms with Crippen LogP contribution in [0.2, 0.25) is 0 Å². The quantitative estimate of drug-likeness (QED) is 0.0402. The Morgan fingerprint density at radius 2 is 0.511 bits per heavy atom. The fourth-order valence-electron chi connectivity index (χ4n) is 6.51. The van der Waals surface area contributed by atoms with Crippen molar-refractivity contribution in [1.29, 1.82) is 0 Å². The number of quaternary nitrogens is 1. The summed E-state index contributed by atoms with van der Waals surface area (Å²) < 4.78 is 32.9. The lowest BCUT2D eigenvalue weighted by Gasteiger charge is -2.33. The van der Waals surface area contributed by atoms with Gasteiger partial charge in [0.1, 0.15) is 0 Å². The number of rotatable bonds is 35. The molecule has 0 amide bonds. The minimum atomic E-state index is -4.67. The fourth-order valence-corrected chi connectivity index (χ4v) is 6.51. The van der Waals surface area contributed by atoms with Gasteiger partial charge in [0, 0.05) is 0 Å². The van der Waals surface area contributed by atoms with Gasteiger partial charge in [0.05, 0.1) is 26.7 Å². The molecule has 274 valence electrons. The van der Waals surface area contributed by atoms with Crippen molar-refractivity contribution in [1.82, 2.24) is 0 Å². The molecule has 0 fully saturated rings. The molecule has 0 saturated carbocycles. The van der Waals surface area contributed by atoms with E-state index in [1.807, 2.05) is 0 Å². The van der Waals surface area contributed by atoms with Crippen LogP contribution in [-0.2, 0) is 10.4 Å². The zero-order valence-electron chi connectivity index (χ0n) is 31.3. The van der Waals surface area contributed by atoms with E-state index in [1.165, 1.54) is 230 Å². The molecule has 6 heteroatoms. The van der Waals surface area contributed by atoms with Crippen molar-refractivity contribution in [3.63, 3.8) is 0 Å². The van der Waals surface area contributed by atoms with Gasteiger partial charge in [-0.2, -0.15) is 8.42 Å². The molecule has 0 aromatic heterocycles. The smallest absolute Gasteiger partial charge is 0.326 e. The maximum Gasteiger partial charge on any atom is 0.394 e. The molecule has 0 radical (unpaired) electrons. The van der Waals surface area contributed by atoms with Gasteiger partial charge in [-0.1, -0.05) is 194 Å². The van der Waals surface area contributed by atoms with E-state index in [2.05, 4.69) is 27.8 Å². The van der Waals surface area contributed by atoms with Gasteiger partial charge in [-0.3, -0.25) is 9.11 Å². The highest BCUT2D eigenvalue weighted by Gasteiger charge is 2.17. The summed E-state index contributed by atoms with van der Waals surface area (Å²) in [5.41, 5.74) is 0. The highest BCUT2D eigenvalue weighted by Crippen LogP contribution is 2.17. The van der Waals surface area contributed by atoms with Gasteiger partial charge in [-0.05, 0) is 32.6 Å². The summed E-state index contributed by atoms with van der Waals surface area (Å²) in [7, 11) is -2.14. The van der Waals surface area contributed by atoms with Gasteiger partial charge >= 0.3 is 10.4 Å². The summed E-state index contributed by atoms with van der Waals surface area (Å²) in [6, 6.07) is 0. The first-order chi connectivity index (χ1) is 21.7. The standard InChI is InChI=1S/C39H82N.H2O4S/c1-5-8-10-12-14-16-18-20-22-24-26-28-30-32-34-36-38-40(4,7-3)39-37-35-33-31-29-27-25-23-21-19-17-15-13-11-9-6-2;1-5(2,3)4/h5-39H2,1-4H3;(H2,1,2,3,4)/q+1;. The van der Waals surface area contributed by atoms with Crippen molar-refractivity contribution in [3.05, 3.63) is 0 Å². The van der Waals surface area contributed by atoms with Crippen LogP contribution in [0.1, 0.15) is 226 Å². The minimum absolute atomic E-state index is 1.32. The van der Waals surface area contributed by atoms with Crippen LogP contribution in [0.4, 0.5) is 0 Å². The lowest BCUT2D eigenvalue weighted by molar-refractivity contribution is -0.908. The minimum Gasteiger partial charge on any atom is -0.326 e. The van der Waals surface area contributed by atoms with Gasteiger partial charge in [-0.15, -0.1) is 0 Å². The Morgan fingerprint density at radius 3 is 0.667 bits per heavy atom. The van der Waals surface area contributed by atoms with Crippen LogP contribution in [0.25, 0.3) is 0 Å². The first-order valence-corrected chi connectivity index (χ1v) is 21.6. The first-order valence-electron chi connectivity index (χ1n) is 20.2. The van der Waals surface area contributed by atoms with Crippen LogP contribution in [-0.4, -0.2) is 48.7 Å². The second-order valence-electron chi connectivity index (χ2n) is 14.4. The number of hydrogen-bond donors (Lipinski definition) is 2. The summed E-state index contributed by atoms with van der Waals surface area (Å²) in [6.07, 6.45) is 47.0. The van der Waals surface area contributed by atoms with E-state index >= 15 is 0 Å². The predicted octanol–water partition coefficient (Wildman–Crippen LogP) is 13.3. The van der Waals surface area contributed by atoms with E-state index < -0.39 is 10.4 Å².